The molecule has 4 rings (SSSR count). The Hall–Kier alpha value is -3.17. The Morgan fingerprint density at radius 1 is 1.03 bits per heavy atom. The third-order valence-corrected chi connectivity index (χ3v) is 6.60. The molecule has 0 aliphatic carbocycles. The van der Waals surface area contributed by atoms with E-state index in [0.717, 1.165) is 48.5 Å². The first kappa shape index (κ1) is 24.0. The molecule has 178 valence electrons. The molecule has 1 aromatic heterocycles. The smallest absolute Gasteiger partial charge is 0.234 e. The van der Waals surface area contributed by atoms with E-state index in [4.69, 9.17) is 21.1 Å². The number of halogens is 1. The van der Waals surface area contributed by atoms with Crippen LogP contribution in [0, 0.1) is 0 Å². The minimum Gasteiger partial charge on any atom is -0.497 e. The summed E-state index contributed by atoms with van der Waals surface area (Å²) in [6.07, 6.45) is 1.55. The van der Waals surface area contributed by atoms with Crippen LogP contribution in [-0.4, -0.2) is 62.0 Å². The van der Waals surface area contributed by atoms with E-state index in [1.54, 1.807) is 38.7 Å². The van der Waals surface area contributed by atoms with Gasteiger partial charge in [-0.15, -0.1) is 0 Å². The summed E-state index contributed by atoms with van der Waals surface area (Å²) in [6.45, 7) is 3.44. The van der Waals surface area contributed by atoms with Gasteiger partial charge in [0, 0.05) is 49.0 Å². The van der Waals surface area contributed by atoms with Crippen LogP contribution >= 0.6 is 23.4 Å². The lowest BCUT2D eigenvalue weighted by Crippen LogP contribution is -2.46. The van der Waals surface area contributed by atoms with Gasteiger partial charge in [0.15, 0.2) is 0 Å². The molecule has 10 heteroatoms. The van der Waals surface area contributed by atoms with Crippen LogP contribution in [0.2, 0.25) is 5.02 Å². The molecular formula is C24H26ClN5O3S. The maximum absolute atomic E-state index is 12.5. The number of anilines is 3. The van der Waals surface area contributed by atoms with Gasteiger partial charge in [0.25, 0.3) is 0 Å². The van der Waals surface area contributed by atoms with Gasteiger partial charge in [-0.2, -0.15) is 0 Å². The fourth-order valence-electron chi connectivity index (χ4n) is 3.69. The van der Waals surface area contributed by atoms with Crippen molar-refractivity contribution in [1.29, 1.82) is 0 Å². The van der Waals surface area contributed by atoms with Crippen LogP contribution in [0.3, 0.4) is 0 Å². The molecule has 1 saturated heterocycles. The summed E-state index contributed by atoms with van der Waals surface area (Å²) < 4.78 is 10.6. The van der Waals surface area contributed by atoms with Crippen LogP contribution < -0.4 is 24.6 Å². The quantitative estimate of drug-likeness (QED) is 0.365. The second-order valence-electron chi connectivity index (χ2n) is 7.57. The summed E-state index contributed by atoms with van der Waals surface area (Å²) in [5.74, 6) is 2.31. The molecule has 1 fully saturated rings. The number of piperazine rings is 1. The van der Waals surface area contributed by atoms with E-state index in [9.17, 15) is 4.79 Å². The number of aromatic nitrogens is 2. The number of amides is 1. The molecule has 0 atom stereocenters. The second kappa shape index (κ2) is 11.3. The first-order valence-electron chi connectivity index (χ1n) is 10.8. The zero-order valence-corrected chi connectivity index (χ0v) is 20.6. The molecule has 1 aliphatic rings. The summed E-state index contributed by atoms with van der Waals surface area (Å²) in [5.41, 5.74) is 1.69. The zero-order chi connectivity index (χ0) is 23.9. The minimum absolute atomic E-state index is 0.169. The zero-order valence-electron chi connectivity index (χ0n) is 19.0. The maximum atomic E-state index is 12.5. The molecule has 0 radical (unpaired) electrons. The Balaban J connectivity index is 1.32. The van der Waals surface area contributed by atoms with Gasteiger partial charge in [-0.3, -0.25) is 4.79 Å². The van der Waals surface area contributed by atoms with E-state index < -0.39 is 0 Å². The molecule has 0 saturated carbocycles. The fourth-order valence-corrected chi connectivity index (χ4v) is 4.52. The van der Waals surface area contributed by atoms with Crippen molar-refractivity contribution in [2.24, 2.45) is 0 Å². The molecule has 34 heavy (non-hydrogen) atoms. The normalized spacial score (nSPS) is 13.5. The number of methoxy groups -OCH3 is 2. The summed E-state index contributed by atoms with van der Waals surface area (Å²) in [7, 11) is 3.23. The third-order valence-electron chi connectivity index (χ3n) is 5.44. The number of rotatable bonds is 8. The first-order valence-corrected chi connectivity index (χ1v) is 12.1. The molecule has 1 N–H and O–H groups in total. The number of nitrogens with zero attached hydrogens (tertiary/aromatic N) is 4. The van der Waals surface area contributed by atoms with Gasteiger partial charge in [0.2, 0.25) is 5.91 Å². The first-order chi connectivity index (χ1) is 16.6. The van der Waals surface area contributed by atoms with E-state index in [2.05, 4.69) is 37.2 Å². The van der Waals surface area contributed by atoms with Crippen LogP contribution in [0.1, 0.15) is 0 Å². The SMILES string of the molecule is COc1cccc(N2CCN(c3cc(SCC(=O)Nc4cc(Cl)ccc4OC)ncn3)CC2)c1. The molecule has 1 amide bonds. The number of benzene rings is 2. The van der Waals surface area contributed by atoms with Crippen molar-refractivity contribution >= 4 is 46.5 Å². The topological polar surface area (TPSA) is 79.8 Å². The van der Waals surface area contributed by atoms with E-state index in [0.29, 0.717) is 16.5 Å². The molecule has 2 heterocycles. The molecule has 2 aromatic carbocycles. The summed E-state index contributed by atoms with van der Waals surface area (Å²) in [6, 6.07) is 15.1. The predicted octanol–water partition coefficient (Wildman–Crippen LogP) is 4.20. The molecule has 0 unspecified atom stereocenters. The van der Waals surface area contributed by atoms with Crippen LogP contribution in [0.25, 0.3) is 0 Å². The highest BCUT2D eigenvalue weighted by molar-refractivity contribution is 7.99. The highest BCUT2D eigenvalue weighted by atomic mass is 35.5. The Morgan fingerprint density at radius 2 is 1.82 bits per heavy atom. The van der Waals surface area contributed by atoms with Crippen molar-refractivity contribution in [2.75, 3.05) is 61.3 Å². The molecule has 0 bridgehead atoms. The average Bonchev–Trinajstić information content (AvgIpc) is 2.88. The lowest BCUT2D eigenvalue weighted by Gasteiger charge is -2.36. The monoisotopic (exact) mass is 499 g/mol. The van der Waals surface area contributed by atoms with Gasteiger partial charge in [-0.25, -0.2) is 9.97 Å². The van der Waals surface area contributed by atoms with Crippen molar-refractivity contribution in [3.8, 4) is 11.5 Å². The number of hydrogen-bond donors (Lipinski definition) is 1. The van der Waals surface area contributed by atoms with Gasteiger partial charge in [-0.1, -0.05) is 29.4 Å². The third kappa shape index (κ3) is 6.03. The van der Waals surface area contributed by atoms with Crippen molar-refractivity contribution in [3.63, 3.8) is 0 Å². The van der Waals surface area contributed by atoms with Crippen molar-refractivity contribution < 1.29 is 14.3 Å². The number of hydrogen-bond acceptors (Lipinski definition) is 8. The highest BCUT2D eigenvalue weighted by Crippen LogP contribution is 2.28. The predicted molar refractivity (Wildman–Crippen MR) is 137 cm³/mol. The number of nitrogens with one attached hydrogen (secondary N) is 1. The fraction of sp³-hybridized carbons (Fsp3) is 0.292. The summed E-state index contributed by atoms with van der Waals surface area (Å²) >= 11 is 7.39. The number of thioether (sulfide) groups is 1. The Morgan fingerprint density at radius 3 is 2.59 bits per heavy atom. The van der Waals surface area contributed by atoms with Crippen LogP contribution in [0.4, 0.5) is 17.2 Å². The van der Waals surface area contributed by atoms with Crippen LogP contribution in [0.5, 0.6) is 11.5 Å². The Kier molecular flexibility index (Phi) is 7.97. The largest absolute Gasteiger partial charge is 0.497 e. The van der Waals surface area contributed by atoms with E-state index in [1.807, 2.05) is 18.2 Å². The van der Waals surface area contributed by atoms with Crippen LogP contribution in [-0.2, 0) is 4.79 Å². The highest BCUT2D eigenvalue weighted by Gasteiger charge is 2.19. The number of carbonyl (C=O) groups excluding carboxylic acids is 1. The Labute approximate surface area is 208 Å². The van der Waals surface area contributed by atoms with Crippen molar-refractivity contribution in [3.05, 3.63) is 59.9 Å². The Bertz CT molecular complexity index is 1140. The van der Waals surface area contributed by atoms with E-state index in [-0.39, 0.29) is 11.7 Å². The molecule has 8 nitrogen and oxygen atoms in total. The number of carbonyl (C=O) groups is 1. The van der Waals surface area contributed by atoms with Crippen molar-refractivity contribution in [2.45, 2.75) is 5.03 Å². The minimum atomic E-state index is -0.169. The molecular weight excluding hydrogens is 474 g/mol. The summed E-state index contributed by atoms with van der Waals surface area (Å²) in [4.78, 5) is 25.8. The van der Waals surface area contributed by atoms with Crippen molar-refractivity contribution in [1.82, 2.24) is 9.97 Å². The molecule has 1 aliphatic heterocycles. The van der Waals surface area contributed by atoms with Gasteiger partial charge < -0.3 is 24.6 Å². The van der Waals surface area contributed by atoms with Gasteiger partial charge in [0.1, 0.15) is 28.7 Å². The van der Waals surface area contributed by atoms with Gasteiger partial charge in [-0.05, 0) is 30.3 Å². The van der Waals surface area contributed by atoms with Gasteiger partial charge in [0.05, 0.1) is 25.7 Å². The standard InChI is InChI=1S/C24H26ClN5O3S/c1-32-19-5-3-4-18(13-19)29-8-10-30(11-9-29)22-14-24(27-16-26-22)34-15-23(31)28-20-12-17(25)6-7-21(20)33-2/h3-7,12-14,16H,8-11,15H2,1-2H3,(H,28,31). The van der Waals surface area contributed by atoms with E-state index >= 15 is 0 Å². The number of ether oxygens (including phenoxy) is 2. The van der Waals surface area contributed by atoms with Gasteiger partial charge >= 0.3 is 0 Å². The average molecular weight is 500 g/mol. The lowest BCUT2D eigenvalue weighted by atomic mass is 10.2. The van der Waals surface area contributed by atoms with E-state index in [1.165, 1.54) is 11.8 Å². The maximum Gasteiger partial charge on any atom is 0.234 e. The van der Waals surface area contributed by atoms with Crippen LogP contribution in [0.15, 0.2) is 59.9 Å². The lowest BCUT2D eigenvalue weighted by molar-refractivity contribution is -0.113. The second-order valence-corrected chi connectivity index (χ2v) is 9.00. The molecule has 0 spiro atoms. The molecule has 3 aromatic rings. The summed E-state index contributed by atoms with van der Waals surface area (Å²) in [5, 5.41) is 4.11.